The number of aryl methyl sites for hydroxylation is 1. The van der Waals surface area contributed by atoms with Crippen molar-refractivity contribution in [2.75, 3.05) is 6.61 Å². The molecule has 0 unspecified atom stereocenters. The molecular formula is C25H24ClN5O2. The molecule has 4 aromatic rings. The van der Waals surface area contributed by atoms with Gasteiger partial charge in [0.1, 0.15) is 5.56 Å². The molecule has 7 nitrogen and oxygen atoms in total. The van der Waals surface area contributed by atoms with Crippen LogP contribution in [0.2, 0.25) is 0 Å². The molecule has 0 aliphatic heterocycles. The van der Waals surface area contributed by atoms with Crippen molar-refractivity contribution in [3.8, 4) is 16.8 Å². The van der Waals surface area contributed by atoms with E-state index in [9.17, 15) is 4.79 Å². The summed E-state index contributed by atoms with van der Waals surface area (Å²) in [5.41, 5.74) is 6.38. The zero-order chi connectivity index (χ0) is 22.9. The van der Waals surface area contributed by atoms with E-state index < -0.39 is 0 Å². The highest BCUT2D eigenvalue weighted by atomic mass is 35.5. The SMILES string of the molecule is CCOC(=O)c1cnn(-c2cccc(-c3cccc(CCl)c3)c2)c1[C@@H]1C[C@H]1c1cn(C)nn1. The van der Waals surface area contributed by atoms with Gasteiger partial charge in [0.15, 0.2) is 0 Å². The van der Waals surface area contributed by atoms with Crippen molar-refractivity contribution in [3.63, 3.8) is 0 Å². The number of rotatable bonds is 7. The second kappa shape index (κ2) is 8.83. The van der Waals surface area contributed by atoms with Crippen LogP contribution in [0.3, 0.4) is 0 Å². The molecule has 168 valence electrons. The molecule has 33 heavy (non-hydrogen) atoms. The number of benzene rings is 2. The normalized spacial score (nSPS) is 17.2. The third kappa shape index (κ3) is 4.16. The van der Waals surface area contributed by atoms with Crippen LogP contribution in [-0.2, 0) is 17.7 Å². The van der Waals surface area contributed by atoms with Gasteiger partial charge in [0.2, 0.25) is 0 Å². The third-order valence-electron chi connectivity index (χ3n) is 5.95. The van der Waals surface area contributed by atoms with Gasteiger partial charge in [-0.15, -0.1) is 16.7 Å². The second-order valence-electron chi connectivity index (χ2n) is 8.23. The maximum absolute atomic E-state index is 12.7. The van der Waals surface area contributed by atoms with Crippen molar-refractivity contribution in [1.29, 1.82) is 0 Å². The second-order valence-corrected chi connectivity index (χ2v) is 8.49. The van der Waals surface area contributed by atoms with E-state index in [4.69, 9.17) is 16.3 Å². The maximum atomic E-state index is 12.7. The summed E-state index contributed by atoms with van der Waals surface area (Å²) in [6.07, 6.45) is 4.42. The first kappa shape index (κ1) is 21.4. The van der Waals surface area contributed by atoms with Crippen LogP contribution in [0.25, 0.3) is 16.8 Å². The molecule has 2 heterocycles. The molecule has 0 radical (unpaired) electrons. The van der Waals surface area contributed by atoms with Gasteiger partial charge in [-0.05, 0) is 48.2 Å². The first-order valence-electron chi connectivity index (χ1n) is 11.0. The van der Waals surface area contributed by atoms with E-state index in [0.717, 1.165) is 40.2 Å². The van der Waals surface area contributed by atoms with Crippen molar-refractivity contribution >= 4 is 17.6 Å². The summed E-state index contributed by atoms with van der Waals surface area (Å²) in [5, 5.41) is 12.9. The number of nitrogens with zero attached hydrogens (tertiary/aromatic N) is 5. The van der Waals surface area contributed by atoms with Crippen molar-refractivity contribution in [2.45, 2.75) is 31.1 Å². The van der Waals surface area contributed by atoms with Crippen LogP contribution < -0.4 is 0 Å². The predicted octanol–water partition coefficient (Wildman–Crippen LogP) is 4.85. The highest BCUT2D eigenvalue weighted by Crippen LogP contribution is 2.55. The van der Waals surface area contributed by atoms with Crippen molar-refractivity contribution < 1.29 is 9.53 Å². The van der Waals surface area contributed by atoms with Gasteiger partial charge in [-0.3, -0.25) is 4.68 Å². The fourth-order valence-corrected chi connectivity index (χ4v) is 4.46. The van der Waals surface area contributed by atoms with Crippen LogP contribution >= 0.6 is 11.6 Å². The molecule has 1 fully saturated rings. The van der Waals surface area contributed by atoms with Crippen molar-refractivity contribution in [3.05, 3.63) is 83.4 Å². The van der Waals surface area contributed by atoms with Gasteiger partial charge in [0.05, 0.1) is 29.9 Å². The van der Waals surface area contributed by atoms with E-state index >= 15 is 0 Å². The number of alkyl halides is 1. The van der Waals surface area contributed by atoms with Crippen LogP contribution in [0.1, 0.15) is 52.5 Å². The lowest BCUT2D eigenvalue weighted by Crippen LogP contribution is -2.09. The van der Waals surface area contributed by atoms with E-state index in [2.05, 4.69) is 39.7 Å². The van der Waals surface area contributed by atoms with E-state index in [-0.39, 0.29) is 17.8 Å². The zero-order valence-corrected chi connectivity index (χ0v) is 19.2. The average Bonchev–Trinajstić information content (AvgIpc) is 3.29. The molecule has 0 bridgehead atoms. The summed E-state index contributed by atoms with van der Waals surface area (Å²) in [5.74, 6) is 0.429. The van der Waals surface area contributed by atoms with Gasteiger partial charge in [-0.25, -0.2) is 9.48 Å². The van der Waals surface area contributed by atoms with Gasteiger partial charge in [-0.2, -0.15) is 5.10 Å². The zero-order valence-electron chi connectivity index (χ0n) is 18.5. The summed E-state index contributed by atoms with van der Waals surface area (Å²) in [6, 6.07) is 16.3. The molecule has 0 spiro atoms. The van der Waals surface area contributed by atoms with Gasteiger partial charge in [-0.1, -0.05) is 35.5 Å². The third-order valence-corrected chi connectivity index (χ3v) is 6.26. The predicted molar refractivity (Wildman–Crippen MR) is 126 cm³/mol. The van der Waals surface area contributed by atoms with Crippen molar-refractivity contribution in [2.24, 2.45) is 7.05 Å². The first-order chi connectivity index (χ1) is 16.1. The average molecular weight is 462 g/mol. The molecular weight excluding hydrogens is 438 g/mol. The maximum Gasteiger partial charge on any atom is 0.341 e. The fraction of sp³-hybridized carbons (Fsp3) is 0.280. The Hall–Kier alpha value is -3.45. The Labute approximate surface area is 196 Å². The molecule has 2 atom stereocenters. The van der Waals surface area contributed by atoms with E-state index in [0.29, 0.717) is 18.1 Å². The Morgan fingerprint density at radius 2 is 1.94 bits per heavy atom. The molecule has 0 amide bonds. The number of ether oxygens (including phenoxy) is 1. The Morgan fingerprint density at radius 3 is 2.67 bits per heavy atom. The van der Waals surface area contributed by atoms with Gasteiger partial charge < -0.3 is 4.74 Å². The minimum Gasteiger partial charge on any atom is -0.462 e. The van der Waals surface area contributed by atoms with Gasteiger partial charge in [0, 0.05) is 31.0 Å². The monoisotopic (exact) mass is 461 g/mol. The van der Waals surface area contributed by atoms with E-state index in [1.807, 2.05) is 42.2 Å². The highest BCUT2D eigenvalue weighted by molar-refractivity contribution is 6.17. The number of hydrogen-bond acceptors (Lipinski definition) is 5. The summed E-state index contributed by atoms with van der Waals surface area (Å²) in [4.78, 5) is 12.7. The number of carbonyl (C=O) groups is 1. The van der Waals surface area contributed by atoms with Gasteiger partial charge >= 0.3 is 5.97 Å². The quantitative estimate of drug-likeness (QED) is 0.290. The molecule has 5 rings (SSSR count). The lowest BCUT2D eigenvalue weighted by molar-refractivity contribution is 0.0525. The van der Waals surface area contributed by atoms with Crippen LogP contribution in [0.15, 0.2) is 60.9 Å². The molecule has 0 N–H and O–H groups in total. The minimum atomic E-state index is -0.352. The smallest absolute Gasteiger partial charge is 0.341 e. The number of carbonyl (C=O) groups excluding carboxylic acids is 1. The number of halogens is 1. The van der Waals surface area contributed by atoms with Crippen LogP contribution in [0.5, 0.6) is 0 Å². The number of hydrogen-bond donors (Lipinski definition) is 0. The molecule has 0 saturated heterocycles. The molecule has 1 aliphatic rings. The summed E-state index contributed by atoms with van der Waals surface area (Å²) < 4.78 is 8.89. The molecule has 8 heteroatoms. The molecule has 2 aromatic heterocycles. The number of aromatic nitrogens is 5. The fourth-order valence-electron chi connectivity index (χ4n) is 4.30. The van der Waals surface area contributed by atoms with Crippen LogP contribution in [0.4, 0.5) is 0 Å². The Kier molecular flexibility index (Phi) is 5.72. The van der Waals surface area contributed by atoms with Crippen molar-refractivity contribution in [1.82, 2.24) is 24.8 Å². The minimum absolute atomic E-state index is 0.117. The van der Waals surface area contributed by atoms with E-state index in [1.54, 1.807) is 17.8 Å². The topological polar surface area (TPSA) is 74.8 Å². The number of esters is 1. The molecule has 1 aliphatic carbocycles. The lowest BCUT2D eigenvalue weighted by Gasteiger charge is -2.11. The Balaban J connectivity index is 1.55. The standard InChI is InChI=1S/C25H24ClN5O2/c1-3-33-25(32)22-14-27-31(24(22)21-12-20(21)23-15-30(2)29-28-23)19-9-5-8-18(11-19)17-7-4-6-16(10-17)13-26/h4-11,14-15,20-21H,3,12-13H2,1-2H3/t20-,21-/m1/s1. The molecule has 2 aromatic carbocycles. The first-order valence-corrected chi connectivity index (χ1v) is 11.5. The summed E-state index contributed by atoms with van der Waals surface area (Å²) in [7, 11) is 1.85. The Morgan fingerprint density at radius 1 is 1.15 bits per heavy atom. The summed E-state index contributed by atoms with van der Waals surface area (Å²) >= 11 is 6.03. The largest absolute Gasteiger partial charge is 0.462 e. The molecule has 1 saturated carbocycles. The summed E-state index contributed by atoms with van der Waals surface area (Å²) in [6.45, 7) is 2.12. The Bertz CT molecular complexity index is 1310. The lowest BCUT2D eigenvalue weighted by atomic mass is 10.0. The van der Waals surface area contributed by atoms with E-state index in [1.165, 1.54) is 0 Å². The van der Waals surface area contributed by atoms with Crippen LogP contribution in [-0.4, -0.2) is 37.4 Å². The van der Waals surface area contributed by atoms with Gasteiger partial charge in [0.25, 0.3) is 0 Å². The highest BCUT2D eigenvalue weighted by Gasteiger charge is 2.46. The van der Waals surface area contributed by atoms with Crippen LogP contribution in [0, 0.1) is 0 Å².